The molecule has 0 saturated carbocycles. The minimum atomic E-state index is -0.618. The number of carbonyl (C=O) groups is 1. The average molecular weight is 265 g/mol. The number of rotatable bonds is 2. The van der Waals surface area contributed by atoms with Crippen LogP contribution in [0.1, 0.15) is 10.4 Å². The number of phenols is 2. The third kappa shape index (κ3) is 2.55. The highest BCUT2D eigenvalue weighted by Crippen LogP contribution is 2.36. The topological polar surface area (TPSA) is 66.8 Å². The third-order valence-electron chi connectivity index (χ3n) is 2.24. The van der Waals surface area contributed by atoms with Gasteiger partial charge in [0.1, 0.15) is 5.75 Å². The largest absolute Gasteiger partial charge is 0.506 e. The van der Waals surface area contributed by atoms with Gasteiger partial charge in [0.15, 0.2) is 11.5 Å². The Hall–Kier alpha value is -2.20. The van der Waals surface area contributed by atoms with Gasteiger partial charge in [-0.2, -0.15) is 0 Å². The smallest absolute Gasteiger partial charge is 0.343 e. The van der Waals surface area contributed by atoms with E-state index in [9.17, 15) is 15.0 Å². The second kappa shape index (κ2) is 4.98. The fourth-order valence-corrected chi connectivity index (χ4v) is 1.50. The lowest BCUT2D eigenvalue weighted by Gasteiger charge is -2.07. The summed E-state index contributed by atoms with van der Waals surface area (Å²) in [6, 6.07) is 10.5. The molecule has 0 bridgehead atoms. The van der Waals surface area contributed by atoms with E-state index in [4.69, 9.17) is 16.3 Å². The van der Waals surface area contributed by atoms with Crippen molar-refractivity contribution in [3.8, 4) is 17.2 Å². The maximum atomic E-state index is 11.7. The number of aromatic hydroxyl groups is 2. The number of halogens is 1. The van der Waals surface area contributed by atoms with Crippen LogP contribution in [0.5, 0.6) is 17.2 Å². The fraction of sp³-hybridized carbons (Fsp3) is 0. The summed E-state index contributed by atoms with van der Waals surface area (Å²) in [5, 5.41) is 18.7. The molecule has 0 aliphatic heterocycles. The Labute approximate surface area is 108 Å². The number of phenolic OH excluding ortho intramolecular Hbond substituents is 2. The van der Waals surface area contributed by atoms with Gasteiger partial charge in [0.25, 0.3) is 0 Å². The number of hydrogen-bond donors (Lipinski definition) is 2. The van der Waals surface area contributed by atoms with E-state index < -0.39 is 5.97 Å². The van der Waals surface area contributed by atoms with E-state index in [0.29, 0.717) is 5.56 Å². The quantitative estimate of drug-likeness (QED) is 0.646. The number of esters is 1. The second-order valence-electron chi connectivity index (χ2n) is 3.53. The minimum Gasteiger partial charge on any atom is -0.506 e. The molecule has 0 saturated heterocycles. The summed E-state index contributed by atoms with van der Waals surface area (Å²) in [6.07, 6.45) is 0. The van der Waals surface area contributed by atoms with Crippen molar-refractivity contribution in [2.45, 2.75) is 0 Å². The summed E-state index contributed by atoms with van der Waals surface area (Å²) < 4.78 is 4.98. The van der Waals surface area contributed by atoms with Gasteiger partial charge in [-0.1, -0.05) is 29.8 Å². The Morgan fingerprint density at radius 3 is 2.39 bits per heavy atom. The molecule has 2 aromatic carbocycles. The van der Waals surface area contributed by atoms with E-state index in [2.05, 4.69) is 0 Å². The van der Waals surface area contributed by atoms with E-state index in [1.165, 1.54) is 6.07 Å². The van der Waals surface area contributed by atoms with Gasteiger partial charge in [0.05, 0.1) is 10.6 Å². The van der Waals surface area contributed by atoms with Crippen molar-refractivity contribution in [2.75, 3.05) is 0 Å². The molecule has 0 atom stereocenters. The monoisotopic (exact) mass is 264 g/mol. The highest BCUT2D eigenvalue weighted by molar-refractivity contribution is 6.32. The van der Waals surface area contributed by atoms with Crippen molar-refractivity contribution in [1.29, 1.82) is 0 Å². The van der Waals surface area contributed by atoms with E-state index >= 15 is 0 Å². The van der Waals surface area contributed by atoms with Gasteiger partial charge in [-0.15, -0.1) is 0 Å². The Morgan fingerprint density at radius 1 is 1.06 bits per heavy atom. The van der Waals surface area contributed by atoms with Gasteiger partial charge in [-0.3, -0.25) is 0 Å². The molecule has 5 heteroatoms. The lowest BCUT2D eigenvalue weighted by atomic mass is 10.2. The van der Waals surface area contributed by atoms with Crippen LogP contribution in [0.25, 0.3) is 0 Å². The van der Waals surface area contributed by atoms with Crippen molar-refractivity contribution < 1.29 is 19.7 Å². The molecule has 2 aromatic rings. The summed E-state index contributed by atoms with van der Waals surface area (Å²) in [6.45, 7) is 0. The fourth-order valence-electron chi connectivity index (χ4n) is 1.35. The zero-order valence-electron chi connectivity index (χ0n) is 9.13. The maximum absolute atomic E-state index is 11.7. The molecule has 4 nitrogen and oxygen atoms in total. The number of hydrogen-bond acceptors (Lipinski definition) is 4. The van der Waals surface area contributed by atoms with Crippen LogP contribution < -0.4 is 4.74 Å². The molecule has 0 heterocycles. The first kappa shape index (κ1) is 12.3. The average Bonchev–Trinajstić information content (AvgIpc) is 2.37. The van der Waals surface area contributed by atoms with Crippen molar-refractivity contribution >= 4 is 17.6 Å². The molecule has 0 fully saturated rings. The summed E-state index contributed by atoms with van der Waals surface area (Å²) in [7, 11) is 0. The van der Waals surface area contributed by atoms with Crippen molar-refractivity contribution in [3.05, 3.63) is 53.1 Å². The van der Waals surface area contributed by atoms with Crippen LogP contribution in [0.4, 0.5) is 0 Å². The van der Waals surface area contributed by atoms with Crippen LogP contribution in [0, 0.1) is 0 Å². The van der Waals surface area contributed by atoms with Crippen LogP contribution in [-0.4, -0.2) is 16.2 Å². The second-order valence-corrected chi connectivity index (χ2v) is 3.93. The zero-order valence-corrected chi connectivity index (χ0v) is 9.89. The molecule has 0 amide bonds. The summed E-state index contributed by atoms with van der Waals surface area (Å²) in [4.78, 5) is 11.7. The lowest BCUT2D eigenvalue weighted by Crippen LogP contribution is -2.08. The molecule has 18 heavy (non-hydrogen) atoms. The molecule has 0 aromatic heterocycles. The Bertz CT molecular complexity index is 581. The van der Waals surface area contributed by atoms with Gasteiger partial charge in [0, 0.05) is 12.1 Å². The predicted octanol–water partition coefficient (Wildman–Crippen LogP) is 2.97. The molecular formula is C13H9ClO4. The Morgan fingerprint density at radius 2 is 1.72 bits per heavy atom. The molecule has 0 radical (unpaired) electrons. The van der Waals surface area contributed by atoms with Crippen LogP contribution in [0.15, 0.2) is 42.5 Å². The molecule has 2 N–H and O–H groups in total. The zero-order chi connectivity index (χ0) is 13.1. The first-order valence-electron chi connectivity index (χ1n) is 5.06. The standard InChI is InChI=1S/C13H9ClO4/c14-9-6-12(11(16)7-10(9)15)18-13(17)8-4-2-1-3-5-8/h1-7,15-16H. The SMILES string of the molecule is O=C(Oc1cc(Cl)c(O)cc1O)c1ccccc1. The molecule has 92 valence electrons. The molecule has 2 rings (SSSR count). The summed E-state index contributed by atoms with van der Waals surface area (Å²) in [5.74, 6) is -1.37. The van der Waals surface area contributed by atoms with Gasteiger partial charge in [-0.05, 0) is 12.1 Å². The normalized spacial score (nSPS) is 10.1. The van der Waals surface area contributed by atoms with Crippen LogP contribution in [0.2, 0.25) is 5.02 Å². The van der Waals surface area contributed by atoms with Crippen LogP contribution in [-0.2, 0) is 0 Å². The first-order valence-corrected chi connectivity index (χ1v) is 5.44. The van der Waals surface area contributed by atoms with Gasteiger partial charge in [0.2, 0.25) is 0 Å². The molecule has 0 aliphatic carbocycles. The van der Waals surface area contributed by atoms with Crippen molar-refractivity contribution in [3.63, 3.8) is 0 Å². The highest BCUT2D eigenvalue weighted by atomic mass is 35.5. The number of benzene rings is 2. The summed E-state index contributed by atoms with van der Waals surface area (Å²) >= 11 is 5.66. The van der Waals surface area contributed by atoms with E-state index in [-0.39, 0.29) is 22.3 Å². The number of carbonyl (C=O) groups excluding carboxylic acids is 1. The molecular weight excluding hydrogens is 256 g/mol. The third-order valence-corrected chi connectivity index (χ3v) is 2.54. The van der Waals surface area contributed by atoms with Gasteiger partial charge >= 0.3 is 5.97 Å². The van der Waals surface area contributed by atoms with E-state index in [1.54, 1.807) is 30.3 Å². The van der Waals surface area contributed by atoms with Gasteiger partial charge < -0.3 is 14.9 Å². The van der Waals surface area contributed by atoms with Gasteiger partial charge in [-0.25, -0.2) is 4.79 Å². The molecule has 0 aliphatic rings. The lowest BCUT2D eigenvalue weighted by molar-refractivity contribution is 0.0729. The molecule has 0 unspecified atom stereocenters. The van der Waals surface area contributed by atoms with Crippen molar-refractivity contribution in [2.24, 2.45) is 0 Å². The Kier molecular flexibility index (Phi) is 3.39. The maximum Gasteiger partial charge on any atom is 0.343 e. The highest BCUT2D eigenvalue weighted by Gasteiger charge is 2.13. The van der Waals surface area contributed by atoms with E-state index in [1.807, 2.05) is 0 Å². The van der Waals surface area contributed by atoms with Crippen molar-refractivity contribution in [1.82, 2.24) is 0 Å². The minimum absolute atomic E-state index is 0.0105. The first-order chi connectivity index (χ1) is 8.58. The predicted molar refractivity (Wildman–Crippen MR) is 66.2 cm³/mol. The number of ether oxygens (including phenoxy) is 1. The van der Waals surface area contributed by atoms with Crippen LogP contribution >= 0.6 is 11.6 Å². The molecule has 0 spiro atoms. The van der Waals surface area contributed by atoms with Crippen LogP contribution in [0.3, 0.4) is 0 Å². The van der Waals surface area contributed by atoms with E-state index in [0.717, 1.165) is 6.07 Å². The Balaban J connectivity index is 2.25. The summed E-state index contributed by atoms with van der Waals surface area (Å²) in [5.41, 5.74) is 0.348.